The summed E-state index contributed by atoms with van der Waals surface area (Å²) in [6.45, 7) is -0.409. The van der Waals surface area contributed by atoms with Gasteiger partial charge < -0.3 is 15.0 Å². The lowest BCUT2D eigenvalue weighted by Gasteiger charge is -2.08. The molecule has 108 valence electrons. The second-order valence-electron chi connectivity index (χ2n) is 5.07. The third kappa shape index (κ3) is 4.87. The van der Waals surface area contributed by atoms with Crippen LogP contribution in [0, 0.1) is 5.92 Å². The molecule has 0 amide bonds. The van der Waals surface area contributed by atoms with Crippen molar-refractivity contribution in [2.24, 2.45) is 11.7 Å². The van der Waals surface area contributed by atoms with Gasteiger partial charge in [-0.3, -0.25) is 0 Å². The minimum atomic E-state index is -4.24. The van der Waals surface area contributed by atoms with Crippen LogP contribution < -0.4 is 5.73 Å². The van der Waals surface area contributed by atoms with Crippen molar-refractivity contribution in [2.75, 3.05) is 13.2 Å². The lowest BCUT2D eigenvalue weighted by molar-refractivity contribution is -0.174. The molecule has 1 aromatic heterocycles. The van der Waals surface area contributed by atoms with Gasteiger partial charge in [-0.1, -0.05) is 0 Å². The normalized spacial score (nSPS) is 17.7. The number of nitrogens with two attached hydrogens (primary N) is 1. The first-order valence-electron chi connectivity index (χ1n) is 6.51. The molecule has 2 rings (SSSR count). The lowest BCUT2D eigenvalue weighted by Crippen LogP contribution is -2.17. The summed E-state index contributed by atoms with van der Waals surface area (Å²) in [6, 6.07) is 2.09. The molecule has 1 unspecified atom stereocenters. The third-order valence-electron chi connectivity index (χ3n) is 3.26. The Balaban J connectivity index is 1.66. The van der Waals surface area contributed by atoms with E-state index in [9.17, 15) is 13.2 Å². The summed E-state index contributed by atoms with van der Waals surface area (Å²) >= 11 is 0. The fourth-order valence-electron chi connectivity index (χ4n) is 2.06. The van der Waals surface area contributed by atoms with Gasteiger partial charge in [-0.05, 0) is 36.8 Å². The molecule has 1 aliphatic carbocycles. The van der Waals surface area contributed by atoms with E-state index < -0.39 is 12.8 Å². The molecule has 1 aliphatic rings. The molecule has 3 nitrogen and oxygen atoms in total. The van der Waals surface area contributed by atoms with Crippen LogP contribution in [0.2, 0.25) is 0 Å². The Labute approximate surface area is 110 Å². The highest BCUT2D eigenvalue weighted by Crippen LogP contribution is 2.39. The van der Waals surface area contributed by atoms with Gasteiger partial charge in [0.15, 0.2) is 0 Å². The van der Waals surface area contributed by atoms with Crippen LogP contribution in [0.5, 0.6) is 0 Å². The van der Waals surface area contributed by atoms with Gasteiger partial charge in [-0.2, -0.15) is 13.2 Å². The summed E-state index contributed by atoms with van der Waals surface area (Å²) in [6.07, 6.45) is 2.60. The van der Waals surface area contributed by atoms with Crippen LogP contribution in [0.4, 0.5) is 13.2 Å². The van der Waals surface area contributed by atoms with Crippen molar-refractivity contribution < 1.29 is 17.9 Å². The van der Waals surface area contributed by atoms with Crippen molar-refractivity contribution in [1.82, 2.24) is 4.57 Å². The molecular formula is C13H19F3N2O. The number of ether oxygens (including phenoxy) is 1. The Kier molecular flexibility index (Phi) is 4.52. The molecule has 19 heavy (non-hydrogen) atoms. The zero-order valence-corrected chi connectivity index (χ0v) is 10.7. The molecule has 0 saturated heterocycles. The Morgan fingerprint density at radius 2 is 2.16 bits per heavy atom. The van der Waals surface area contributed by atoms with E-state index in [-0.39, 0.29) is 12.6 Å². The van der Waals surface area contributed by atoms with E-state index in [0.717, 1.165) is 5.56 Å². The number of halogens is 3. The number of alkyl halides is 3. The van der Waals surface area contributed by atoms with E-state index in [2.05, 4.69) is 4.74 Å². The van der Waals surface area contributed by atoms with Crippen LogP contribution in [-0.2, 0) is 11.3 Å². The van der Waals surface area contributed by atoms with Crippen molar-refractivity contribution in [2.45, 2.75) is 38.0 Å². The summed E-state index contributed by atoms with van der Waals surface area (Å²) in [5.74, 6) is 0.603. The molecule has 6 heteroatoms. The molecule has 2 N–H and O–H groups in total. The van der Waals surface area contributed by atoms with Gasteiger partial charge in [0.05, 0.1) is 0 Å². The van der Waals surface area contributed by atoms with Crippen molar-refractivity contribution in [3.05, 3.63) is 24.0 Å². The Morgan fingerprint density at radius 1 is 1.42 bits per heavy atom. The first-order valence-corrected chi connectivity index (χ1v) is 6.51. The summed E-state index contributed by atoms with van der Waals surface area (Å²) in [4.78, 5) is 0. The molecule has 0 bridgehead atoms. The van der Waals surface area contributed by atoms with E-state index in [1.165, 1.54) is 12.8 Å². The Hall–Kier alpha value is -1.01. The second-order valence-corrected chi connectivity index (χ2v) is 5.07. The minimum Gasteiger partial charge on any atom is -0.372 e. The van der Waals surface area contributed by atoms with Gasteiger partial charge in [0.1, 0.15) is 6.61 Å². The summed E-state index contributed by atoms with van der Waals surface area (Å²) in [7, 11) is 0. The van der Waals surface area contributed by atoms with Crippen LogP contribution in [0.25, 0.3) is 0 Å². The third-order valence-corrected chi connectivity index (χ3v) is 3.26. The highest BCUT2D eigenvalue weighted by molar-refractivity contribution is 5.17. The lowest BCUT2D eigenvalue weighted by atomic mass is 10.1. The smallest absolute Gasteiger partial charge is 0.372 e. The SMILES string of the molecule is NC(c1ccn(CCCOCC(F)(F)F)c1)C1CC1. The van der Waals surface area contributed by atoms with Crippen molar-refractivity contribution in [3.63, 3.8) is 0 Å². The van der Waals surface area contributed by atoms with E-state index in [1.807, 2.05) is 23.0 Å². The quantitative estimate of drug-likeness (QED) is 0.778. The number of aromatic nitrogens is 1. The van der Waals surface area contributed by atoms with E-state index in [4.69, 9.17) is 5.73 Å². The fraction of sp³-hybridized carbons (Fsp3) is 0.692. The average molecular weight is 276 g/mol. The molecule has 0 aromatic carbocycles. The molecule has 1 aromatic rings. The Bertz CT molecular complexity index is 399. The fourth-order valence-corrected chi connectivity index (χ4v) is 2.06. The maximum atomic E-state index is 11.8. The highest BCUT2D eigenvalue weighted by atomic mass is 19.4. The first kappa shape index (κ1) is 14.4. The minimum absolute atomic E-state index is 0.0997. The molecule has 0 radical (unpaired) electrons. The van der Waals surface area contributed by atoms with Crippen molar-refractivity contribution >= 4 is 0 Å². The summed E-state index contributed by atoms with van der Waals surface area (Å²) in [5.41, 5.74) is 7.18. The molecule has 1 fully saturated rings. The first-order chi connectivity index (χ1) is 8.96. The average Bonchev–Trinajstić information content (AvgIpc) is 3.06. The Morgan fingerprint density at radius 3 is 2.79 bits per heavy atom. The van der Waals surface area contributed by atoms with Crippen molar-refractivity contribution in [3.8, 4) is 0 Å². The molecule has 0 spiro atoms. The largest absolute Gasteiger partial charge is 0.411 e. The molecule has 1 saturated carbocycles. The van der Waals surface area contributed by atoms with Crippen LogP contribution >= 0.6 is 0 Å². The molecule has 1 atom stereocenters. The number of nitrogens with zero attached hydrogens (tertiary/aromatic N) is 1. The van der Waals surface area contributed by atoms with Gasteiger partial charge in [-0.25, -0.2) is 0 Å². The molecule has 1 heterocycles. The van der Waals surface area contributed by atoms with Gasteiger partial charge >= 0.3 is 6.18 Å². The van der Waals surface area contributed by atoms with Crippen LogP contribution in [0.15, 0.2) is 18.5 Å². The summed E-state index contributed by atoms with van der Waals surface area (Å²) < 4.78 is 42.0. The van der Waals surface area contributed by atoms with E-state index in [0.29, 0.717) is 18.9 Å². The number of aryl methyl sites for hydroxylation is 1. The van der Waals surface area contributed by atoms with E-state index >= 15 is 0 Å². The standard InChI is InChI=1S/C13H19F3N2O/c14-13(15,16)9-19-7-1-5-18-6-4-11(8-18)12(17)10-2-3-10/h4,6,8,10,12H,1-3,5,7,9,17H2. The zero-order chi connectivity index (χ0) is 13.9. The second kappa shape index (κ2) is 5.96. The van der Waals surface area contributed by atoms with Gasteiger partial charge in [0, 0.05) is 31.6 Å². The van der Waals surface area contributed by atoms with Crippen molar-refractivity contribution in [1.29, 1.82) is 0 Å². The maximum Gasteiger partial charge on any atom is 0.411 e. The van der Waals surface area contributed by atoms with Gasteiger partial charge in [0.25, 0.3) is 0 Å². The maximum absolute atomic E-state index is 11.8. The number of hydrogen-bond acceptors (Lipinski definition) is 2. The molecular weight excluding hydrogens is 257 g/mol. The zero-order valence-electron chi connectivity index (χ0n) is 10.7. The molecule has 0 aliphatic heterocycles. The van der Waals surface area contributed by atoms with E-state index in [1.54, 1.807) is 0 Å². The van der Waals surface area contributed by atoms with Gasteiger partial charge in [-0.15, -0.1) is 0 Å². The topological polar surface area (TPSA) is 40.2 Å². The van der Waals surface area contributed by atoms with Gasteiger partial charge in [0.2, 0.25) is 0 Å². The van der Waals surface area contributed by atoms with Crippen LogP contribution in [0.1, 0.15) is 30.9 Å². The van der Waals surface area contributed by atoms with Crippen LogP contribution in [-0.4, -0.2) is 24.0 Å². The number of rotatable bonds is 7. The summed E-state index contributed by atoms with van der Waals surface area (Å²) in [5, 5.41) is 0. The highest BCUT2D eigenvalue weighted by Gasteiger charge is 2.29. The van der Waals surface area contributed by atoms with Crippen LogP contribution in [0.3, 0.4) is 0 Å². The predicted octanol–water partition coefficient (Wildman–Crippen LogP) is 2.87. The predicted molar refractivity (Wildman–Crippen MR) is 65.6 cm³/mol. The number of hydrogen-bond donors (Lipinski definition) is 1. The monoisotopic (exact) mass is 276 g/mol.